The number of nitrogens with one attached hydrogen (secondary N) is 1. The van der Waals surface area contributed by atoms with E-state index in [-0.39, 0.29) is 24.5 Å². The van der Waals surface area contributed by atoms with E-state index in [2.05, 4.69) is 10.3 Å². The highest BCUT2D eigenvalue weighted by Gasteiger charge is 2.41. The minimum Gasteiger partial charge on any atom is -0.459 e. The van der Waals surface area contributed by atoms with Crippen molar-refractivity contribution in [3.63, 3.8) is 0 Å². The fourth-order valence-electron chi connectivity index (χ4n) is 4.18. The number of rotatable bonds is 7. The Labute approximate surface area is 209 Å². The Bertz CT molecular complexity index is 1220. The molecule has 182 valence electrons. The van der Waals surface area contributed by atoms with Gasteiger partial charge in [0.25, 0.3) is 0 Å². The fraction of sp³-hybridized carbons (Fsp3) is 0.296. The number of nitrogens with zero attached hydrogens (tertiary/aromatic N) is 2. The number of amidine groups is 1. The van der Waals surface area contributed by atoms with Crippen LogP contribution in [0.25, 0.3) is 0 Å². The van der Waals surface area contributed by atoms with Gasteiger partial charge in [-0.3, -0.25) is 4.79 Å². The van der Waals surface area contributed by atoms with Gasteiger partial charge in [0.2, 0.25) is 5.91 Å². The van der Waals surface area contributed by atoms with Gasteiger partial charge in [-0.25, -0.2) is 14.2 Å². The molecule has 0 aliphatic carbocycles. The monoisotopic (exact) mass is 493 g/mol. The smallest absolute Gasteiger partial charge is 0.338 e. The zero-order valence-corrected chi connectivity index (χ0v) is 20.9. The summed E-state index contributed by atoms with van der Waals surface area (Å²) in [5, 5.41) is 5.53. The van der Waals surface area contributed by atoms with Crippen molar-refractivity contribution in [1.29, 1.82) is 0 Å². The third kappa shape index (κ3) is 5.48. The molecule has 2 atom stereocenters. The van der Waals surface area contributed by atoms with Gasteiger partial charge >= 0.3 is 5.97 Å². The predicted octanol–water partition coefficient (Wildman–Crippen LogP) is 5.62. The van der Waals surface area contributed by atoms with Crippen LogP contribution in [0.5, 0.6) is 0 Å². The molecule has 1 N–H and O–H groups in total. The van der Waals surface area contributed by atoms with Crippen LogP contribution in [-0.2, 0) is 14.3 Å². The molecular weight excluding hydrogens is 465 g/mol. The lowest BCUT2D eigenvalue weighted by molar-refractivity contribution is -0.143. The molecule has 0 aromatic heterocycles. The van der Waals surface area contributed by atoms with Gasteiger partial charge in [0.15, 0.2) is 5.17 Å². The summed E-state index contributed by atoms with van der Waals surface area (Å²) in [4.78, 5) is 32.6. The summed E-state index contributed by atoms with van der Waals surface area (Å²) in [6, 6.07) is 15.0. The molecule has 2 aliphatic rings. The van der Waals surface area contributed by atoms with E-state index in [1.165, 1.54) is 23.9 Å². The summed E-state index contributed by atoms with van der Waals surface area (Å²) >= 11 is 1.38. The minimum atomic E-state index is -0.662. The van der Waals surface area contributed by atoms with Crippen molar-refractivity contribution in [3.8, 4) is 0 Å². The number of fused-ring (bicyclic) bond motifs is 1. The number of esters is 1. The predicted molar refractivity (Wildman–Crippen MR) is 136 cm³/mol. The van der Waals surface area contributed by atoms with E-state index in [0.29, 0.717) is 27.7 Å². The van der Waals surface area contributed by atoms with Crippen LogP contribution in [0, 0.1) is 5.82 Å². The van der Waals surface area contributed by atoms with E-state index in [1.807, 2.05) is 47.6 Å². The van der Waals surface area contributed by atoms with Gasteiger partial charge < -0.3 is 15.0 Å². The van der Waals surface area contributed by atoms with Crippen LogP contribution in [0.2, 0.25) is 0 Å². The standard InChI is InChI=1S/C27H28FN3O3S/c1-16(2)34-26(33)24-18(4)30-27-31(25(24)20-11-8-12-21(28)13-20)22(15-35-27)14-23(32)29-17(3)19-9-6-5-7-10-19/h5-13,15-17,25H,14H2,1-4H3,(H,29,32)/t17-,25-/m0/s1. The number of carbonyl (C=O) groups is 2. The van der Waals surface area contributed by atoms with Crippen molar-refractivity contribution in [3.05, 3.63) is 93.9 Å². The number of amides is 1. The Balaban J connectivity index is 1.63. The maximum atomic E-state index is 14.2. The molecule has 0 bridgehead atoms. The van der Waals surface area contributed by atoms with Gasteiger partial charge in [0, 0.05) is 5.70 Å². The van der Waals surface area contributed by atoms with Gasteiger partial charge in [0.05, 0.1) is 35.9 Å². The van der Waals surface area contributed by atoms with Crippen molar-refractivity contribution in [1.82, 2.24) is 10.2 Å². The topological polar surface area (TPSA) is 71.0 Å². The highest BCUT2D eigenvalue weighted by molar-refractivity contribution is 8.16. The van der Waals surface area contributed by atoms with Crippen LogP contribution < -0.4 is 5.32 Å². The first-order valence-electron chi connectivity index (χ1n) is 11.5. The van der Waals surface area contributed by atoms with Crippen molar-refractivity contribution in [2.24, 2.45) is 4.99 Å². The summed E-state index contributed by atoms with van der Waals surface area (Å²) in [6.07, 6.45) is -0.241. The molecule has 8 heteroatoms. The molecule has 4 rings (SSSR count). The second-order valence-corrected chi connectivity index (χ2v) is 9.62. The van der Waals surface area contributed by atoms with Crippen molar-refractivity contribution < 1.29 is 18.7 Å². The first-order chi connectivity index (χ1) is 16.7. The molecular formula is C27H28FN3O3S. The van der Waals surface area contributed by atoms with E-state index in [0.717, 1.165) is 5.56 Å². The molecule has 2 heterocycles. The fourth-order valence-corrected chi connectivity index (χ4v) is 5.15. The molecule has 0 saturated heterocycles. The zero-order valence-electron chi connectivity index (χ0n) is 20.1. The van der Waals surface area contributed by atoms with Crippen LogP contribution in [0.1, 0.15) is 57.3 Å². The number of benzene rings is 2. The SMILES string of the molecule is CC1=C(C(=O)OC(C)C)[C@H](c2cccc(F)c2)N2C(CC(=O)N[C@@H](C)c3ccccc3)=CSC2=N1. The molecule has 0 spiro atoms. The largest absolute Gasteiger partial charge is 0.459 e. The van der Waals surface area contributed by atoms with Crippen LogP contribution in [0.3, 0.4) is 0 Å². The van der Waals surface area contributed by atoms with Gasteiger partial charge in [-0.05, 0) is 56.4 Å². The minimum absolute atomic E-state index is 0.0839. The van der Waals surface area contributed by atoms with Gasteiger partial charge in [-0.1, -0.05) is 54.2 Å². The number of ether oxygens (including phenoxy) is 1. The second kappa shape index (κ2) is 10.5. The Morgan fingerprint density at radius 2 is 1.89 bits per heavy atom. The average Bonchev–Trinajstić information content (AvgIpc) is 3.19. The van der Waals surface area contributed by atoms with E-state index < -0.39 is 17.8 Å². The summed E-state index contributed by atoms with van der Waals surface area (Å²) in [5.41, 5.74) is 3.12. The summed E-state index contributed by atoms with van der Waals surface area (Å²) < 4.78 is 19.8. The Hall–Kier alpha value is -3.39. The summed E-state index contributed by atoms with van der Waals surface area (Å²) in [6.45, 7) is 7.23. The lowest BCUT2D eigenvalue weighted by Crippen LogP contribution is -2.38. The molecule has 35 heavy (non-hydrogen) atoms. The first-order valence-corrected chi connectivity index (χ1v) is 12.4. The molecule has 2 aromatic rings. The van der Waals surface area contributed by atoms with E-state index in [1.54, 1.807) is 32.9 Å². The quantitative estimate of drug-likeness (QED) is 0.507. The van der Waals surface area contributed by atoms with Gasteiger partial charge in [0.1, 0.15) is 5.82 Å². The number of thioether (sulfide) groups is 1. The van der Waals surface area contributed by atoms with E-state index in [4.69, 9.17) is 4.74 Å². The number of carbonyl (C=O) groups excluding carboxylic acids is 2. The molecule has 2 aliphatic heterocycles. The second-order valence-electron chi connectivity index (χ2n) is 8.78. The number of hydrogen-bond donors (Lipinski definition) is 1. The first kappa shape index (κ1) is 24.7. The third-order valence-electron chi connectivity index (χ3n) is 5.75. The van der Waals surface area contributed by atoms with E-state index in [9.17, 15) is 14.0 Å². The Morgan fingerprint density at radius 3 is 2.57 bits per heavy atom. The van der Waals surface area contributed by atoms with Gasteiger partial charge in [-0.15, -0.1) is 0 Å². The number of halogens is 1. The van der Waals surface area contributed by atoms with Crippen molar-refractivity contribution in [2.75, 3.05) is 0 Å². The summed E-state index contributed by atoms with van der Waals surface area (Å²) in [7, 11) is 0. The van der Waals surface area contributed by atoms with Crippen molar-refractivity contribution >= 4 is 28.8 Å². The molecule has 6 nitrogen and oxygen atoms in total. The third-order valence-corrected chi connectivity index (χ3v) is 6.64. The highest BCUT2D eigenvalue weighted by Crippen LogP contribution is 2.45. The molecule has 0 saturated carbocycles. The van der Waals surface area contributed by atoms with Crippen LogP contribution in [-0.4, -0.2) is 28.0 Å². The molecule has 0 unspecified atom stereocenters. The maximum absolute atomic E-state index is 14.2. The molecule has 1 amide bonds. The highest BCUT2D eigenvalue weighted by atomic mass is 32.2. The number of aliphatic imine (C=N–C) groups is 1. The normalized spacial score (nSPS) is 18.1. The Morgan fingerprint density at radius 1 is 1.14 bits per heavy atom. The molecule has 2 aromatic carbocycles. The summed E-state index contributed by atoms with van der Waals surface area (Å²) in [5.74, 6) is -1.08. The van der Waals surface area contributed by atoms with Crippen LogP contribution in [0.15, 0.2) is 82.0 Å². The van der Waals surface area contributed by atoms with Crippen LogP contribution in [0.4, 0.5) is 4.39 Å². The molecule has 0 fully saturated rings. The van der Waals surface area contributed by atoms with Crippen molar-refractivity contribution in [2.45, 2.75) is 52.3 Å². The number of allylic oxidation sites excluding steroid dienone is 1. The Kier molecular flexibility index (Phi) is 7.40. The average molecular weight is 494 g/mol. The maximum Gasteiger partial charge on any atom is 0.338 e. The van der Waals surface area contributed by atoms with E-state index >= 15 is 0 Å². The van der Waals surface area contributed by atoms with Gasteiger partial charge in [-0.2, -0.15) is 0 Å². The zero-order chi connectivity index (χ0) is 25.1. The molecule has 0 radical (unpaired) electrons. The lowest BCUT2D eigenvalue weighted by atomic mass is 9.93. The lowest BCUT2D eigenvalue weighted by Gasteiger charge is -2.36. The van der Waals surface area contributed by atoms with Crippen LogP contribution >= 0.6 is 11.8 Å². The number of hydrogen-bond acceptors (Lipinski definition) is 6.